The molecule has 9 heteroatoms. The predicted molar refractivity (Wildman–Crippen MR) is 107 cm³/mol. The van der Waals surface area contributed by atoms with Crippen LogP contribution >= 0.6 is 0 Å². The summed E-state index contributed by atoms with van der Waals surface area (Å²) in [6.07, 6.45) is -1.81. The number of Topliss-reactive ketones (excluding diaryl/α,β-unsaturated/α-hetero) is 1. The molecule has 5 nitrogen and oxygen atoms in total. The zero-order chi connectivity index (χ0) is 23.0. The highest BCUT2D eigenvalue weighted by Crippen LogP contribution is 2.42. The fourth-order valence-corrected chi connectivity index (χ4v) is 3.54. The summed E-state index contributed by atoms with van der Waals surface area (Å²) in [6, 6.07) is 10.3. The van der Waals surface area contributed by atoms with E-state index in [1.165, 1.54) is 36.7 Å². The average molecular weight is 442 g/mol. The van der Waals surface area contributed by atoms with Gasteiger partial charge in [-0.25, -0.2) is 4.39 Å². The second kappa shape index (κ2) is 7.92. The highest BCUT2D eigenvalue weighted by atomic mass is 19.4. The van der Waals surface area contributed by atoms with Crippen LogP contribution in [0.15, 0.2) is 78.6 Å². The molecule has 1 saturated heterocycles. The lowest BCUT2D eigenvalue weighted by molar-refractivity contribution is -0.137. The molecule has 1 atom stereocenters. The smallest absolute Gasteiger partial charge is 0.416 e. The topological polar surface area (TPSA) is 70.5 Å². The molecule has 1 amide bonds. The van der Waals surface area contributed by atoms with Gasteiger partial charge in [0.05, 0.1) is 17.2 Å². The summed E-state index contributed by atoms with van der Waals surface area (Å²) >= 11 is 0. The van der Waals surface area contributed by atoms with E-state index in [1.54, 1.807) is 0 Å². The Morgan fingerprint density at radius 3 is 2.06 bits per heavy atom. The molecule has 162 valence electrons. The molecule has 1 aliphatic heterocycles. The second-order valence-electron chi connectivity index (χ2n) is 7.00. The van der Waals surface area contributed by atoms with Gasteiger partial charge in [0.2, 0.25) is 0 Å². The summed E-state index contributed by atoms with van der Waals surface area (Å²) in [5.41, 5.74) is -0.664. The molecule has 3 aromatic rings. The molecule has 1 aromatic heterocycles. The van der Waals surface area contributed by atoms with E-state index in [-0.39, 0.29) is 16.8 Å². The zero-order valence-corrected chi connectivity index (χ0v) is 16.2. The van der Waals surface area contributed by atoms with Crippen LogP contribution in [-0.2, 0) is 15.8 Å². The Morgan fingerprint density at radius 1 is 0.906 bits per heavy atom. The van der Waals surface area contributed by atoms with Crippen molar-refractivity contribution in [2.75, 3.05) is 4.90 Å². The molecule has 0 bridgehead atoms. The summed E-state index contributed by atoms with van der Waals surface area (Å²) in [5.74, 6) is -3.09. The highest BCUT2D eigenvalue weighted by Gasteiger charge is 2.47. The van der Waals surface area contributed by atoms with E-state index in [4.69, 9.17) is 0 Å². The summed E-state index contributed by atoms with van der Waals surface area (Å²) in [6.45, 7) is 0. The predicted octanol–water partition coefficient (Wildman–Crippen LogP) is 4.87. The molecular formula is C23H14F4N2O3. The molecule has 2 heterocycles. The Hall–Kier alpha value is -4.01. The molecule has 0 radical (unpaired) electrons. The number of ketones is 1. The lowest BCUT2D eigenvalue weighted by atomic mass is 9.95. The van der Waals surface area contributed by atoms with Gasteiger partial charge in [0.15, 0.2) is 0 Å². The van der Waals surface area contributed by atoms with Crippen LogP contribution in [0.1, 0.15) is 22.7 Å². The van der Waals surface area contributed by atoms with Crippen LogP contribution in [0.5, 0.6) is 0 Å². The van der Waals surface area contributed by atoms with Crippen molar-refractivity contribution in [2.24, 2.45) is 0 Å². The van der Waals surface area contributed by atoms with E-state index in [0.717, 1.165) is 41.3 Å². The Bertz CT molecular complexity index is 1200. The van der Waals surface area contributed by atoms with Crippen LogP contribution in [0.3, 0.4) is 0 Å². The van der Waals surface area contributed by atoms with Gasteiger partial charge in [-0.3, -0.25) is 19.5 Å². The van der Waals surface area contributed by atoms with Crippen LogP contribution in [0.25, 0.3) is 5.76 Å². The molecule has 0 spiro atoms. The summed E-state index contributed by atoms with van der Waals surface area (Å²) in [5, 5.41) is 10.8. The van der Waals surface area contributed by atoms with Gasteiger partial charge in [0, 0.05) is 23.6 Å². The number of nitrogens with zero attached hydrogens (tertiary/aromatic N) is 2. The van der Waals surface area contributed by atoms with Crippen molar-refractivity contribution in [1.82, 2.24) is 4.98 Å². The second-order valence-corrected chi connectivity index (χ2v) is 7.00. The number of pyridine rings is 1. The van der Waals surface area contributed by atoms with E-state index in [2.05, 4.69) is 4.98 Å². The van der Waals surface area contributed by atoms with Gasteiger partial charge in [-0.05, 0) is 54.1 Å². The van der Waals surface area contributed by atoms with Gasteiger partial charge < -0.3 is 5.11 Å². The minimum Gasteiger partial charge on any atom is -0.507 e. The lowest BCUT2D eigenvalue weighted by Gasteiger charge is -2.25. The van der Waals surface area contributed by atoms with Gasteiger partial charge in [-0.1, -0.05) is 12.1 Å². The number of benzene rings is 2. The number of aliphatic hydroxyl groups is 1. The normalized spacial score (nSPS) is 18.2. The Labute approximate surface area is 179 Å². The van der Waals surface area contributed by atoms with Gasteiger partial charge in [0.1, 0.15) is 11.6 Å². The Kier molecular flexibility index (Phi) is 5.25. The number of aromatic nitrogens is 1. The Morgan fingerprint density at radius 2 is 1.50 bits per heavy atom. The van der Waals surface area contributed by atoms with Gasteiger partial charge >= 0.3 is 6.18 Å². The van der Waals surface area contributed by atoms with E-state index in [1.807, 2.05) is 0 Å². The number of anilines is 1. The van der Waals surface area contributed by atoms with Crippen LogP contribution in [0, 0.1) is 5.82 Å². The summed E-state index contributed by atoms with van der Waals surface area (Å²) in [4.78, 5) is 30.6. The number of carbonyl (C=O) groups excluding carboxylic acids is 2. The standard InChI is InChI=1S/C23H14F4N2O3/c24-16-5-1-13(2-6-16)19-18(20(30)14-9-11-28-12-10-14)21(31)22(32)29(19)17-7-3-15(4-8-17)23(25,26)27/h1-12,19,30H/b20-18+. The third-order valence-corrected chi connectivity index (χ3v) is 5.06. The quantitative estimate of drug-likeness (QED) is 0.272. The highest BCUT2D eigenvalue weighted by molar-refractivity contribution is 6.51. The van der Waals surface area contributed by atoms with Crippen LogP contribution in [0.2, 0.25) is 0 Å². The van der Waals surface area contributed by atoms with Crippen molar-refractivity contribution in [1.29, 1.82) is 0 Å². The van der Waals surface area contributed by atoms with Crippen molar-refractivity contribution in [3.05, 3.63) is 101 Å². The molecule has 1 fully saturated rings. The first-order chi connectivity index (χ1) is 15.2. The van der Waals surface area contributed by atoms with Crippen molar-refractivity contribution in [2.45, 2.75) is 12.2 Å². The zero-order valence-electron chi connectivity index (χ0n) is 16.2. The monoisotopic (exact) mass is 442 g/mol. The van der Waals surface area contributed by atoms with Crippen LogP contribution in [0.4, 0.5) is 23.2 Å². The van der Waals surface area contributed by atoms with Crippen LogP contribution in [-0.4, -0.2) is 21.8 Å². The minimum absolute atomic E-state index is 0.0169. The third kappa shape index (κ3) is 3.73. The summed E-state index contributed by atoms with van der Waals surface area (Å²) < 4.78 is 52.4. The number of carbonyl (C=O) groups is 2. The number of rotatable bonds is 3. The average Bonchev–Trinajstić information content (AvgIpc) is 3.04. The number of halogens is 4. The molecule has 1 unspecified atom stereocenters. The molecule has 1 aliphatic rings. The maximum Gasteiger partial charge on any atom is 0.416 e. The first-order valence-corrected chi connectivity index (χ1v) is 9.32. The number of hydrogen-bond acceptors (Lipinski definition) is 4. The van der Waals surface area contributed by atoms with E-state index >= 15 is 0 Å². The number of aliphatic hydroxyl groups excluding tert-OH is 1. The number of alkyl halides is 3. The van der Waals surface area contributed by atoms with Crippen molar-refractivity contribution in [3.63, 3.8) is 0 Å². The van der Waals surface area contributed by atoms with Crippen LogP contribution < -0.4 is 4.90 Å². The number of amides is 1. The fourth-order valence-electron chi connectivity index (χ4n) is 3.54. The number of hydrogen-bond donors (Lipinski definition) is 1. The maximum absolute atomic E-state index is 13.5. The maximum atomic E-state index is 13.5. The first-order valence-electron chi connectivity index (χ1n) is 9.32. The molecule has 4 rings (SSSR count). The van der Waals surface area contributed by atoms with Crippen molar-refractivity contribution >= 4 is 23.1 Å². The van der Waals surface area contributed by atoms with Crippen molar-refractivity contribution in [3.8, 4) is 0 Å². The van der Waals surface area contributed by atoms with E-state index < -0.39 is 41.0 Å². The molecule has 0 aliphatic carbocycles. The third-order valence-electron chi connectivity index (χ3n) is 5.06. The lowest BCUT2D eigenvalue weighted by Crippen LogP contribution is -2.29. The largest absolute Gasteiger partial charge is 0.507 e. The Balaban J connectivity index is 1.90. The minimum atomic E-state index is -4.58. The fraction of sp³-hybridized carbons (Fsp3) is 0.0870. The summed E-state index contributed by atoms with van der Waals surface area (Å²) in [7, 11) is 0. The van der Waals surface area contributed by atoms with Gasteiger partial charge in [0.25, 0.3) is 11.7 Å². The molecule has 0 saturated carbocycles. The SMILES string of the molecule is O=C1C(=O)N(c2ccc(C(F)(F)F)cc2)C(c2ccc(F)cc2)/C1=C(\O)c1ccncc1. The van der Waals surface area contributed by atoms with Crippen molar-refractivity contribution < 1.29 is 32.3 Å². The van der Waals surface area contributed by atoms with E-state index in [0.29, 0.717) is 5.56 Å². The molecule has 1 N–H and O–H groups in total. The molecule has 32 heavy (non-hydrogen) atoms. The van der Waals surface area contributed by atoms with Gasteiger partial charge in [-0.15, -0.1) is 0 Å². The molecule has 2 aromatic carbocycles. The van der Waals surface area contributed by atoms with Gasteiger partial charge in [-0.2, -0.15) is 13.2 Å². The molecular weight excluding hydrogens is 428 g/mol. The first kappa shape index (κ1) is 21.2. The van der Waals surface area contributed by atoms with E-state index in [9.17, 15) is 32.3 Å².